The number of nitro benzene ring substituents is 1. The number of carbonyl (C=O) groups is 1. The Morgan fingerprint density at radius 2 is 2.26 bits per heavy atom. The number of hydrogen-bond donors (Lipinski definition) is 1. The average molecular weight is 282 g/mol. The molecule has 0 unspecified atom stereocenters. The van der Waals surface area contributed by atoms with E-state index in [1.54, 1.807) is 6.07 Å². The highest BCUT2D eigenvalue weighted by Gasteiger charge is 2.15. The van der Waals surface area contributed by atoms with Crippen LogP contribution in [-0.2, 0) is 6.54 Å². The summed E-state index contributed by atoms with van der Waals surface area (Å²) in [6, 6.07) is 5.38. The number of hydrogen-bond acceptors (Lipinski definition) is 5. The van der Waals surface area contributed by atoms with Gasteiger partial charge in [-0.15, -0.1) is 0 Å². The molecule has 1 amide bonds. The molecule has 0 spiro atoms. The van der Waals surface area contributed by atoms with Gasteiger partial charge in [-0.1, -0.05) is 16.8 Å². The fourth-order valence-corrected chi connectivity index (χ4v) is 1.65. The van der Waals surface area contributed by atoms with Gasteiger partial charge in [-0.2, -0.15) is 0 Å². The zero-order valence-corrected chi connectivity index (χ0v) is 10.3. The highest BCUT2D eigenvalue weighted by Crippen LogP contribution is 2.24. The van der Waals surface area contributed by atoms with Crippen LogP contribution in [0.25, 0.3) is 0 Å². The first-order valence-electron chi connectivity index (χ1n) is 5.19. The molecule has 1 N–H and O–H groups in total. The lowest BCUT2D eigenvalue weighted by atomic mass is 10.2. The molecule has 98 valence electrons. The van der Waals surface area contributed by atoms with Crippen molar-refractivity contribution in [2.45, 2.75) is 6.54 Å². The Kier molecular flexibility index (Phi) is 3.76. The van der Waals surface area contributed by atoms with Crippen molar-refractivity contribution in [1.29, 1.82) is 0 Å². The molecular weight excluding hydrogens is 274 g/mol. The molecule has 0 aliphatic rings. The van der Waals surface area contributed by atoms with E-state index in [1.165, 1.54) is 24.4 Å². The molecule has 19 heavy (non-hydrogen) atoms. The molecule has 0 aliphatic carbocycles. The van der Waals surface area contributed by atoms with E-state index in [0.29, 0.717) is 5.76 Å². The Labute approximate surface area is 112 Å². The largest absolute Gasteiger partial charge is 0.360 e. The summed E-state index contributed by atoms with van der Waals surface area (Å²) in [7, 11) is 0. The van der Waals surface area contributed by atoms with Crippen molar-refractivity contribution in [1.82, 2.24) is 10.5 Å². The van der Waals surface area contributed by atoms with E-state index in [-0.39, 0.29) is 22.8 Å². The van der Waals surface area contributed by atoms with E-state index in [9.17, 15) is 14.9 Å². The Balaban J connectivity index is 2.07. The summed E-state index contributed by atoms with van der Waals surface area (Å²) in [6.07, 6.45) is 1.46. The van der Waals surface area contributed by atoms with Gasteiger partial charge in [-0.3, -0.25) is 14.9 Å². The molecule has 2 rings (SSSR count). The third kappa shape index (κ3) is 3.08. The SMILES string of the molecule is O=C(NCc1ccno1)c1ccc([N+](=O)[O-])c(Cl)c1. The molecule has 1 heterocycles. The second-order valence-electron chi connectivity index (χ2n) is 3.58. The van der Waals surface area contributed by atoms with Gasteiger partial charge in [0.05, 0.1) is 17.7 Å². The molecule has 8 heteroatoms. The molecule has 0 atom stereocenters. The van der Waals surface area contributed by atoms with Crippen LogP contribution in [-0.4, -0.2) is 16.0 Å². The maximum atomic E-state index is 11.8. The van der Waals surface area contributed by atoms with Crippen LogP contribution < -0.4 is 5.32 Å². The number of nitro groups is 1. The first-order valence-corrected chi connectivity index (χ1v) is 5.57. The zero-order chi connectivity index (χ0) is 13.8. The Bertz CT molecular complexity index is 612. The molecule has 0 saturated heterocycles. The molecular formula is C11H8ClN3O4. The maximum absolute atomic E-state index is 11.8. The molecule has 0 saturated carbocycles. The number of rotatable bonds is 4. The lowest BCUT2D eigenvalue weighted by Crippen LogP contribution is -2.22. The van der Waals surface area contributed by atoms with Crippen LogP contribution in [0.2, 0.25) is 5.02 Å². The minimum absolute atomic E-state index is 0.0858. The first-order chi connectivity index (χ1) is 9.08. The quantitative estimate of drug-likeness (QED) is 0.684. The maximum Gasteiger partial charge on any atom is 0.287 e. The van der Waals surface area contributed by atoms with Crippen molar-refractivity contribution >= 4 is 23.2 Å². The Morgan fingerprint density at radius 1 is 1.47 bits per heavy atom. The van der Waals surface area contributed by atoms with Crippen LogP contribution in [0.1, 0.15) is 16.1 Å². The van der Waals surface area contributed by atoms with Crippen molar-refractivity contribution in [3.63, 3.8) is 0 Å². The van der Waals surface area contributed by atoms with Gasteiger partial charge in [0.25, 0.3) is 11.6 Å². The topological polar surface area (TPSA) is 98.3 Å². The summed E-state index contributed by atoms with van der Waals surface area (Å²) < 4.78 is 4.81. The average Bonchev–Trinajstić information content (AvgIpc) is 2.88. The minimum Gasteiger partial charge on any atom is -0.360 e. The van der Waals surface area contributed by atoms with Crippen LogP contribution >= 0.6 is 11.6 Å². The Morgan fingerprint density at radius 3 is 2.84 bits per heavy atom. The number of aromatic nitrogens is 1. The lowest BCUT2D eigenvalue weighted by molar-refractivity contribution is -0.384. The third-order valence-corrected chi connectivity index (χ3v) is 2.62. The van der Waals surface area contributed by atoms with E-state index in [0.717, 1.165) is 0 Å². The van der Waals surface area contributed by atoms with Gasteiger partial charge in [0.2, 0.25) is 0 Å². The van der Waals surface area contributed by atoms with Gasteiger partial charge >= 0.3 is 0 Å². The molecule has 0 fully saturated rings. The van der Waals surface area contributed by atoms with E-state index in [2.05, 4.69) is 10.5 Å². The smallest absolute Gasteiger partial charge is 0.287 e. The highest BCUT2D eigenvalue weighted by atomic mass is 35.5. The minimum atomic E-state index is -0.613. The predicted octanol–water partition coefficient (Wildman–Crippen LogP) is 2.17. The number of benzene rings is 1. The number of nitrogens with one attached hydrogen (secondary N) is 1. The van der Waals surface area contributed by atoms with E-state index in [1.807, 2.05) is 0 Å². The number of nitrogens with zero attached hydrogens (tertiary/aromatic N) is 2. The van der Waals surface area contributed by atoms with Gasteiger partial charge in [0.1, 0.15) is 5.02 Å². The standard InChI is InChI=1S/C11H8ClN3O4/c12-9-5-7(1-2-10(9)15(17)18)11(16)13-6-8-3-4-14-19-8/h1-5H,6H2,(H,13,16). The van der Waals surface area contributed by atoms with Crippen molar-refractivity contribution in [3.8, 4) is 0 Å². The fourth-order valence-electron chi connectivity index (χ4n) is 1.40. The Hall–Kier alpha value is -2.41. The predicted molar refractivity (Wildman–Crippen MR) is 65.8 cm³/mol. The van der Waals surface area contributed by atoms with Crippen molar-refractivity contribution < 1.29 is 14.2 Å². The van der Waals surface area contributed by atoms with Crippen LogP contribution in [0.5, 0.6) is 0 Å². The lowest BCUT2D eigenvalue weighted by Gasteiger charge is -2.03. The zero-order valence-electron chi connectivity index (χ0n) is 9.50. The van der Waals surface area contributed by atoms with Gasteiger partial charge in [-0.25, -0.2) is 0 Å². The van der Waals surface area contributed by atoms with Gasteiger partial charge in [0.15, 0.2) is 5.76 Å². The first kappa shape index (κ1) is 13.0. The summed E-state index contributed by atoms with van der Waals surface area (Å²) in [5.41, 5.74) is -0.0106. The summed E-state index contributed by atoms with van der Waals surface area (Å²) in [4.78, 5) is 21.7. The van der Waals surface area contributed by atoms with Crippen molar-refractivity contribution in [2.24, 2.45) is 0 Å². The van der Waals surface area contributed by atoms with Crippen LogP contribution in [0.4, 0.5) is 5.69 Å². The summed E-state index contributed by atoms with van der Waals surface area (Å²) >= 11 is 5.72. The molecule has 7 nitrogen and oxygen atoms in total. The number of amides is 1. The summed E-state index contributed by atoms with van der Waals surface area (Å²) in [6.45, 7) is 0.174. The molecule has 2 aromatic rings. The second kappa shape index (κ2) is 5.49. The molecule has 1 aromatic heterocycles. The molecule has 0 bridgehead atoms. The fraction of sp³-hybridized carbons (Fsp3) is 0.0909. The van der Waals surface area contributed by atoms with Gasteiger partial charge in [0, 0.05) is 17.7 Å². The second-order valence-corrected chi connectivity index (χ2v) is 3.99. The highest BCUT2D eigenvalue weighted by molar-refractivity contribution is 6.33. The molecule has 1 aromatic carbocycles. The van der Waals surface area contributed by atoms with E-state index >= 15 is 0 Å². The summed E-state index contributed by atoms with van der Waals surface area (Å²) in [5.74, 6) is 0.0922. The van der Waals surface area contributed by atoms with Crippen LogP contribution in [0.3, 0.4) is 0 Å². The summed E-state index contributed by atoms with van der Waals surface area (Å²) in [5, 5.41) is 16.6. The van der Waals surface area contributed by atoms with Gasteiger partial charge < -0.3 is 9.84 Å². The molecule has 0 radical (unpaired) electrons. The van der Waals surface area contributed by atoms with E-state index < -0.39 is 10.8 Å². The third-order valence-electron chi connectivity index (χ3n) is 2.32. The molecule has 0 aliphatic heterocycles. The van der Waals surface area contributed by atoms with Crippen molar-refractivity contribution in [3.05, 3.63) is 56.9 Å². The van der Waals surface area contributed by atoms with Crippen LogP contribution in [0, 0.1) is 10.1 Å². The van der Waals surface area contributed by atoms with Crippen molar-refractivity contribution in [2.75, 3.05) is 0 Å². The van der Waals surface area contributed by atoms with Crippen LogP contribution in [0.15, 0.2) is 35.0 Å². The number of carbonyl (C=O) groups excluding carboxylic acids is 1. The van der Waals surface area contributed by atoms with Gasteiger partial charge in [-0.05, 0) is 12.1 Å². The van der Waals surface area contributed by atoms with E-state index in [4.69, 9.17) is 16.1 Å². The monoisotopic (exact) mass is 281 g/mol. The number of halogens is 1. The normalized spacial score (nSPS) is 10.2.